The van der Waals surface area contributed by atoms with Crippen molar-refractivity contribution < 1.29 is 8.42 Å². The minimum absolute atomic E-state index is 0.00602. The van der Waals surface area contributed by atoms with E-state index in [1.807, 2.05) is 12.1 Å². The van der Waals surface area contributed by atoms with Gasteiger partial charge >= 0.3 is 0 Å². The summed E-state index contributed by atoms with van der Waals surface area (Å²) >= 11 is 0. The fourth-order valence-electron chi connectivity index (χ4n) is 2.45. The monoisotopic (exact) mass is 237 g/mol. The number of benzene rings is 1. The lowest BCUT2D eigenvalue weighted by Gasteiger charge is -2.29. The Bertz CT molecular complexity index is 506. The van der Waals surface area contributed by atoms with Gasteiger partial charge < -0.3 is 5.32 Å². The van der Waals surface area contributed by atoms with Crippen LogP contribution in [0.4, 0.5) is 0 Å². The SMILES string of the molecule is O=S1(=O)CC(NC2CCC2)c2ccccc21. The minimum Gasteiger partial charge on any atom is -0.306 e. The van der Waals surface area contributed by atoms with Crippen LogP contribution in [0, 0.1) is 0 Å². The molecule has 1 unspecified atom stereocenters. The molecule has 1 fully saturated rings. The van der Waals surface area contributed by atoms with Crippen LogP contribution in [-0.2, 0) is 9.84 Å². The molecule has 86 valence electrons. The van der Waals surface area contributed by atoms with E-state index >= 15 is 0 Å². The number of hydrogen-bond donors (Lipinski definition) is 1. The lowest BCUT2D eigenvalue weighted by Crippen LogP contribution is -2.38. The van der Waals surface area contributed by atoms with Crippen molar-refractivity contribution in [3.63, 3.8) is 0 Å². The van der Waals surface area contributed by atoms with Gasteiger partial charge in [-0.1, -0.05) is 24.6 Å². The first kappa shape index (κ1) is 10.3. The maximum atomic E-state index is 11.9. The van der Waals surface area contributed by atoms with Crippen molar-refractivity contribution in [1.29, 1.82) is 0 Å². The van der Waals surface area contributed by atoms with Crippen molar-refractivity contribution in [3.8, 4) is 0 Å². The van der Waals surface area contributed by atoms with Crippen LogP contribution in [0.1, 0.15) is 30.9 Å². The van der Waals surface area contributed by atoms with Crippen LogP contribution in [0.3, 0.4) is 0 Å². The normalized spacial score (nSPS) is 27.4. The summed E-state index contributed by atoms with van der Waals surface area (Å²) in [7, 11) is -3.05. The number of rotatable bonds is 2. The zero-order valence-corrected chi connectivity index (χ0v) is 9.83. The van der Waals surface area contributed by atoms with E-state index in [1.54, 1.807) is 12.1 Å². The molecular formula is C12H15NO2S. The Hall–Kier alpha value is -0.870. The standard InChI is InChI=1S/C12H15NO2S/c14-16(15)8-11(13-9-4-3-5-9)10-6-1-2-7-12(10)16/h1-2,6-7,9,11,13H,3-5,8H2. The summed E-state index contributed by atoms with van der Waals surface area (Å²) in [5.74, 6) is 0.225. The Morgan fingerprint density at radius 2 is 1.94 bits per heavy atom. The second kappa shape index (κ2) is 3.57. The Labute approximate surface area is 95.8 Å². The molecule has 1 aromatic rings. The summed E-state index contributed by atoms with van der Waals surface area (Å²) < 4.78 is 23.8. The number of fused-ring (bicyclic) bond motifs is 1. The highest BCUT2D eigenvalue weighted by atomic mass is 32.2. The molecule has 1 aliphatic heterocycles. The molecule has 1 saturated carbocycles. The maximum Gasteiger partial charge on any atom is 0.180 e. The molecule has 1 aliphatic carbocycles. The zero-order valence-electron chi connectivity index (χ0n) is 9.02. The Morgan fingerprint density at radius 1 is 1.19 bits per heavy atom. The van der Waals surface area contributed by atoms with Gasteiger partial charge in [0.05, 0.1) is 10.6 Å². The second-order valence-corrected chi connectivity index (χ2v) is 6.67. The highest BCUT2D eigenvalue weighted by Gasteiger charge is 2.35. The third-order valence-corrected chi connectivity index (χ3v) is 5.37. The molecule has 0 saturated heterocycles. The van der Waals surface area contributed by atoms with E-state index in [4.69, 9.17) is 0 Å². The van der Waals surface area contributed by atoms with Gasteiger partial charge in [0.25, 0.3) is 0 Å². The summed E-state index contributed by atoms with van der Waals surface area (Å²) in [5, 5.41) is 3.45. The Balaban J connectivity index is 1.93. The first-order valence-electron chi connectivity index (χ1n) is 5.74. The number of hydrogen-bond acceptors (Lipinski definition) is 3. The molecule has 1 heterocycles. The van der Waals surface area contributed by atoms with Crippen molar-refractivity contribution in [1.82, 2.24) is 5.32 Å². The van der Waals surface area contributed by atoms with Crippen molar-refractivity contribution in [2.45, 2.75) is 36.2 Å². The van der Waals surface area contributed by atoms with Crippen LogP contribution < -0.4 is 5.32 Å². The molecule has 0 spiro atoms. The van der Waals surface area contributed by atoms with Gasteiger partial charge in [-0.15, -0.1) is 0 Å². The molecular weight excluding hydrogens is 222 g/mol. The van der Waals surface area contributed by atoms with Crippen LogP contribution in [-0.4, -0.2) is 20.2 Å². The fraction of sp³-hybridized carbons (Fsp3) is 0.500. The average Bonchev–Trinajstić information content (AvgIpc) is 2.46. The minimum atomic E-state index is -3.05. The third kappa shape index (κ3) is 1.57. The molecule has 3 nitrogen and oxygen atoms in total. The van der Waals surface area contributed by atoms with Gasteiger partial charge in [-0.25, -0.2) is 8.42 Å². The van der Waals surface area contributed by atoms with Crippen molar-refractivity contribution in [2.24, 2.45) is 0 Å². The summed E-state index contributed by atoms with van der Waals surface area (Å²) in [6.45, 7) is 0. The fourth-order valence-corrected chi connectivity index (χ4v) is 4.20. The van der Waals surface area contributed by atoms with Gasteiger partial charge in [-0.05, 0) is 24.5 Å². The summed E-state index contributed by atoms with van der Waals surface area (Å²) in [6.07, 6.45) is 3.62. The molecule has 2 aliphatic rings. The van der Waals surface area contributed by atoms with Crippen molar-refractivity contribution in [3.05, 3.63) is 29.8 Å². The smallest absolute Gasteiger partial charge is 0.180 e. The van der Waals surface area contributed by atoms with Gasteiger partial charge in [0.15, 0.2) is 9.84 Å². The summed E-state index contributed by atoms with van der Waals surface area (Å²) in [4.78, 5) is 0.520. The predicted molar refractivity (Wildman–Crippen MR) is 62.0 cm³/mol. The summed E-state index contributed by atoms with van der Waals surface area (Å²) in [5.41, 5.74) is 0.953. The molecule has 1 N–H and O–H groups in total. The topological polar surface area (TPSA) is 46.2 Å². The number of sulfone groups is 1. The molecule has 1 aromatic carbocycles. The molecule has 3 rings (SSSR count). The van der Waals surface area contributed by atoms with Crippen molar-refractivity contribution in [2.75, 3.05) is 5.75 Å². The van der Waals surface area contributed by atoms with Crippen LogP contribution in [0.25, 0.3) is 0 Å². The van der Waals surface area contributed by atoms with E-state index in [0.717, 1.165) is 5.56 Å². The van der Waals surface area contributed by atoms with Crippen LogP contribution >= 0.6 is 0 Å². The highest BCUT2D eigenvalue weighted by Crippen LogP contribution is 2.34. The van der Waals surface area contributed by atoms with E-state index in [1.165, 1.54) is 19.3 Å². The molecule has 0 bridgehead atoms. The molecule has 16 heavy (non-hydrogen) atoms. The van der Waals surface area contributed by atoms with E-state index < -0.39 is 9.84 Å². The third-order valence-electron chi connectivity index (χ3n) is 3.56. The molecule has 0 amide bonds. The van der Waals surface area contributed by atoms with Crippen LogP contribution in [0.5, 0.6) is 0 Å². The Kier molecular flexibility index (Phi) is 2.30. The largest absolute Gasteiger partial charge is 0.306 e. The van der Waals surface area contributed by atoms with Gasteiger partial charge in [0.2, 0.25) is 0 Å². The Morgan fingerprint density at radius 3 is 2.62 bits per heavy atom. The van der Waals surface area contributed by atoms with Crippen LogP contribution in [0.15, 0.2) is 29.2 Å². The van der Waals surface area contributed by atoms with Gasteiger partial charge in [-0.3, -0.25) is 0 Å². The molecule has 1 atom stereocenters. The van der Waals surface area contributed by atoms with Crippen molar-refractivity contribution >= 4 is 9.84 Å². The lowest BCUT2D eigenvalue weighted by atomic mass is 9.92. The zero-order chi connectivity index (χ0) is 11.2. The number of nitrogens with one attached hydrogen (secondary N) is 1. The van der Waals surface area contributed by atoms with Gasteiger partial charge in [0.1, 0.15) is 0 Å². The summed E-state index contributed by atoms with van der Waals surface area (Å²) in [6, 6.07) is 7.87. The molecule has 4 heteroatoms. The average molecular weight is 237 g/mol. The van der Waals surface area contributed by atoms with E-state index in [-0.39, 0.29) is 11.8 Å². The van der Waals surface area contributed by atoms with Gasteiger partial charge in [0, 0.05) is 12.1 Å². The predicted octanol–water partition coefficient (Wildman–Crippen LogP) is 1.66. The lowest BCUT2D eigenvalue weighted by molar-refractivity contribution is 0.315. The molecule has 0 radical (unpaired) electrons. The molecule has 0 aromatic heterocycles. The maximum absolute atomic E-state index is 11.9. The first-order chi connectivity index (χ1) is 7.67. The first-order valence-corrected chi connectivity index (χ1v) is 7.40. The highest BCUT2D eigenvalue weighted by molar-refractivity contribution is 7.91. The van der Waals surface area contributed by atoms with Crippen LogP contribution in [0.2, 0.25) is 0 Å². The van der Waals surface area contributed by atoms with E-state index in [2.05, 4.69) is 5.32 Å². The van der Waals surface area contributed by atoms with E-state index in [9.17, 15) is 8.42 Å². The van der Waals surface area contributed by atoms with Gasteiger partial charge in [-0.2, -0.15) is 0 Å². The quantitative estimate of drug-likeness (QED) is 0.851. The second-order valence-electron chi connectivity index (χ2n) is 4.67. The van der Waals surface area contributed by atoms with E-state index in [0.29, 0.717) is 10.9 Å².